The first kappa shape index (κ1) is 15.8. The zero-order valence-corrected chi connectivity index (χ0v) is 14.6. The summed E-state index contributed by atoms with van der Waals surface area (Å²) in [6, 6.07) is 6.09. The normalized spacial score (nSPS) is 23.6. The molecule has 0 unspecified atom stereocenters. The molecule has 1 saturated heterocycles. The topological polar surface area (TPSA) is 32.3 Å². The standard InChI is InChI=1S/C16H23IN2O/c1-11-6-12(2)9-19(8-11)10-16(20)18-15-5-4-14(17)7-13(15)3/h4-5,7,11-12H,6,8-10H2,1-3H3,(H,18,20)/t11-,12-/m1/s1. The minimum absolute atomic E-state index is 0.0932. The summed E-state index contributed by atoms with van der Waals surface area (Å²) in [6.45, 7) is 9.13. The van der Waals surface area contributed by atoms with Crippen molar-refractivity contribution in [2.24, 2.45) is 11.8 Å². The molecule has 3 nitrogen and oxygen atoms in total. The Kier molecular flexibility index (Phi) is 5.43. The van der Waals surface area contributed by atoms with Crippen LogP contribution >= 0.6 is 22.6 Å². The predicted molar refractivity (Wildman–Crippen MR) is 91.9 cm³/mol. The van der Waals surface area contributed by atoms with Crippen LogP contribution in [-0.2, 0) is 4.79 Å². The van der Waals surface area contributed by atoms with Gasteiger partial charge < -0.3 is 5.32 Å². The molecule has 1 aromatic carbocycles. The molecule has 1 aromatic rings. The van der Waals surface area contributed by atoms with Crippen molar-refractivity contribution < 1.29 is 4.79 Å². The quantitative estimate of drug-likeness (QED) is 0.807. The number of nitrogens with zero attached hydrogens (tertiary/aromatic N) is 1. The van der Waals surface area contributed by atoms with E-state index >= 15 is 0 Å². The molecule has 20 heavy (non-hydrogen) atoms. The van der Waals surface area contributed by atoms with Gasteiger partial charge in [0.05, 0.1) is 6.54 Å². The van der Waals surface area contributed by atoms with E-state index in [4.69, 9.17) is 0 Å². The van der Waals surface area contributed by atoms with Crippen LogP contribution in [0.2, 0.25) is 0 Å². The van der Waals surface area contributed by atoms with Crippen molar-refractivity contribution in [3.8, 4) is 0 Å². The monoisotopic (exact) mass is 386 g/mol. The van der Waals surface area contributed by atoms with E-state index in [-0.39, 0.29) is 5.91 Å². The summed E-state index contributed by atoms with van der Waals surface area (Å²) < 4.78 is 1.19. The smallest absolute Gasteiger partial charge is 0.238 e. The van der Waals surface area contributed by atoms with Crippen LogP contribution in [0.15, 0.2) is 18.2 Å². The third-order valence-electron chi connectivity index (χ3n) is 3.77. The second kappa shape index (κ2) is 6.89. The molecule has 1 aliphatic heterocycles. The van der Waals surface area contributed by atoms with Crippen molar-refractivity contribution in [2.75, 3.05) is 25.0 Å². The summed E-state index contributed by atoms with van der Waals surface area (Å²) in [6.07, 6.45) is 1.27. The molecule has 0 aromatic heterocycles. The number of amides is 1. The number of benzene rings is 1. The Balaban J connectivity index is 1.92. The average Bonchev–Trinajstić information content (AvgIpc) is 2.31. The maximum Gasteiger partial charge on any atom is 0.238 e. The molecule has 1 N–H and O–H groups in total. The largest absolute Gasteiger partial charge is 0.325 e. The van der Waals surface area contributed by atoms with Crippen molar-refractivity contribution in [3.05, 3.63) is 27.3 Å². The minimum atomic E-state index is 0.0932. The zero-order valence-electron chi connectivity index (χ0n) is 12.4. The fourth-order valence-electron chi connectivity index (χ4n) is 3.08. The number of piperidine rings is 1. The highest BCUT2D eigenvalue weighted by Crippen LogP contribution is 2.21. The van der Waals surface area contributed by atoms with Crippen LogP contribution in [0.25, 0.3) is 0 Å². The molecule has 4 heteroatoms. The molecule has 1 heterocycles. The van der Waals surface area contributed by atoms with Gasteiger partial charge >= 0.3 is 0 Å². The molecule has 0 radical (unpaired) electrons. The Labute approximate surface area is 135 Å². The molecule has 0 saturated carbocycles. The number of anilines is 1. The summed E-state index contributed by atoms with van der Waals surface area (Å²) in [5, 5.41) is 3.03. The van der Waals surface area contributed by atoms with Gasteiger partial charge in [-0.2, -0.15) is 0 Å². The number of hydrogen-bond acceptors (Lipinski definition) is 2. The number of aryl methyl sites for hydroxylation is 1. The molecular weight excluding hydrogens is 363 g/mol. The fraction of sp³-hybridized carbons (Fsp3) is 0.562. The highest BCUT2D eigenvalue weighted by molar-refractivity contribution is 14.1. The van der Waals surface area contributed by atoms with Gasteiger partial charge in [0, 0.05) is 22.3 Å². The average molecular weight is 386 g/mol. The van der Waals surface area contributed by atoms with Crippen LogP contribution in [0.3, 0.4) is 0 Å². The first-order valence-corrected chi connectivity index (χ1v) is 8.30. The highest BCUT2D eigenvalue weighted by Gasteiger charge is 2.23. The van der Waals surface area contributed by atoms with E-state index in [9.17, 15) is 4.79 Å². The van der Waals surface area contributed by atoms with Gasteiger partial charge in [-0.25, -0.2) is 0 Å². The van der Waals surface area contributed by atoms with Gasteiger partial charge in [0.2, 0.25) is 5.91 Å². The fourth-order valence-corrected chi connectivity index (χ4v) is 3.73. The van der Waals surface area contributed by atoms with Gasteiger partial charge in [0.1, 0.15) is 0 Å². The Bertz CT molecular complexity index is 479. The molecule has 0 spiro atoms. The molecule has 2 atom stereocenters. The van der Waals surface area contributed by atoms with Gasteiger partial charge in [-0.15, -0.1) is 0 Å². The highest BCUT2D eigenvalue weighted by atomic mass is 127. The van der Waals surface area contributed by atoms with Gasteiger partial charge in [-0.3, -0.25) is 9.69 Å². The molecule has 1 amide bonds. The predicted octanol–water partition coefficient (Wildman–Crippen LogP) is 3.52. The third kappa shape index (κ3) is 4.45. The second-order valence-corrected chi connectivity index (χ2v) is 7.39. The number of carbonyl (C=O) groups excluding carboxylic acids is 1. The molecule has 1 aliphatic rings. The lowest BCUT2D eigenvalue weighted by Crippen LogP contribution is -2.42. The van der Waals surface area contributed by atoms with E-state index in [0.29, 0.717) is 18.4 Å². The molecule has 110 valence electrons. The van der Waals surface area contributed by atoms with Crippen molar-refractivity contribution in [1.82, 2.24) is 4.90 Å². The minimum Gasteiger partial charge on any atom is -0.325 e. The zero-order chi connectivity index (χ0) is 14.7. The van der Waals surface area contributed by atoms with Crippen LogP contribution in [0.4, 0.5) is 5.69 Å². The summed E-state index contributed by atoms with van der Waals surface area (Å²) in [5.74, 6) is 1.47. The lowest BCUT2D eigenvalue weighted by atomic mass is 9.92. The number of nitrogens with one attached hydrogen (secondary N) is 1. The Morgan fingerprint density at radius 3 is 2.60 bits per heavy atom. The van der Waals surface area contributed by atoms with E-state index in [1.807, 2.05) is 19.1 Å². The lowest BCUT2D eigenvalue weighted by Gasteiger charge is -2.34. The summed E-state index contributed by atoms with van der Waals surface area (Å²) >= 11 is 2.28. The van der Waals surface area contributed by atoms with Crippen LogP contribution in [0, 0.1) is 22.3 Å². The number of rotatable bonds is 3. The van der Waals surface area contributed by atoms with E-state index in [0.717, 1.165) is 24.3 Å². The molecule has 0 aliphatic carbocycles. The molecule has 0 bridgehead atoms. The van der Waals surface area contributed by atoms with Crippen molar-refractivity contribution >= 4 is 34.2 Å². The Morgan fingerprint density at radius 2 is 2.00 bits per heavy atom. The first-order valence-electron chi connectivity index (χ1n) is 7.22. The van der Waals surface area contributed by atoms with E-state index in [1.54, 1.807) is 0 Å². The van der Waals surface area contributed by atoms with Gasteiger partial charge in [-0.05, 0) is 71.5 Å². The summed E-state index contributed by atoms with van der Waals surface area (Å²) in [4.78, 5) is 14.5. The number of carbonyl (C=O) groups is 1. The number of likely N-dealkylation sites (tertiary alicyclic amines) is 1. The van der Waals surface area contributed by atoms with Gasteiger partial charge in [-0.1, -0.05) is 13.8 Å². The SMILES string of the molecule is Cc1cc(I)ccc1NC(=O)CN1C[C@H](C)C[C@@H](C)C1. The number of halogens is 1. The summed E-state index contributed by atoms with van der Waals surface area (Å²) in [7, 11) is 0. The van der Waals surface area contributed by atoms with Crippen LogP contribution in [-0.4, -0.2) is 30.4 Å². The molecule has 1 fully saturated rings. The number of hydrogen-bond donors (Lipinski definition) is 1. The summed E-state index contributed by atoms with van der Waals surface area (Å²) in [5.41, 5.74) is 2.04. The maximum atomic E-state index is 12.2. The Hall–Kier alpha value is -0.620. The van der Waals surface area contributed by atoms with Gasteiger partial charge in [0.25, 0.3) is 0 Å². The van der Waals surface area contributed by atoms with E-state index < -0.39 is 0 Å². The van der Waals surface area contributed by atoms with Crippen molar-refractivity contribution in [1.29, 1.82) is 0 Å². The lowest BCUT2D eigenvalue weighted by molar-refractivity contribution is -0.117. The van der Waals surface area contributed by atoms with E-state index in [1.165, 1.54) is 9.99 Å². The van der Waals surface area contributed by atoms with E-state index in [2.05, 4.69) is 52.7 Å². The van der Waals surface area contributed by atoms with Crippen LogP contribution in [0.1, 0.15) is 25.8 Å². The van der Waals surface area contributed by atoms with Crippen LogP contribution in [0.5, 0.6) is 0 Å². The molecule has 2 rings (SSSR count). The second-order valence-electron chi connectivity index (χ2n) is 6.15. The van der Waals surface area contributed by atoms with Crippen LogP contribution < -0.4 is 5.32 Å². The van der Waals surface area contributed by atoms with Gasteiger partial charge in [0.15, 0.2) is 0 Å². The Morgan fingerprint density at radius 1 is 1.35 bits per heavy atom. The first-order chi connectivity index (χ1) is 9.44. The van der Waals surface area contributed by atoms with Crippen molar-refractivity contribution in [3.63, 3.8) is 0 Å². The van der Waals surface area contributed by atoms with Crippen molar-refractivity contribution in [2.45, 2.75) is 27.2 Å². The maximum absolute atomic E-state index is 12.2. The molecular formula is C16H23IN2O. The third-order valence-corrected chi connectivity index (χ3v) is 4.45.